The predicted octanol–water partition coefficient (Wildman–Crippen LogP) is 2.03. The molecule has 1 unspecified atom stereocenters. The summed E-state index contributed by atoms with van der Waals surface area (Å²) in [6.45, 7) is 4.10. The van der Waals surface area contributed by atoms with E-state index >= 15 is 0 Å². The van der Waals surface area contributed by atoms with Crippen LogP contribution in [0.3, 0.4) is 0 Å². The highest BCUT2D eigenvalue weighted by Gasteiger charge is 2.21. The maximum atomic E-state index is 11.2. The first-order chi connectivity index (χ1) is 7.46. The normalized spacial score (nSPS) is 22.2. The second-order valence-corrected chi connectivity index (χ2v) is 6.14. The van der Waals surface area contributed by atoms with Crippen LogP contribution in [0.15, 0.2) is 29.7 Å². The highest BCUT2D eigenvalue weighted by Crippen LogP contribution is 2.18. The average molecular weight is 237 g/mol. The Hall–Kier alpha value is -1.29. The van der Waals surface area contributed by atoms with E-state index in [4.69, 9.17) is 0 Å². The van der Waals surface area contributed by atoms with Gasteiger partial charge in [-0.05, 0) is 37.1 Å². The Bertz CT molecular complexity index is 532. The van der Waals surface area contributed by atoms with Crippen molar-refractivity contribution in [1.82, 2.24) is 0 Å². The Kier molecular flexibility index (Phi) is 2.76. The van der Waals surface area contributed by atoms with Crippen LogP contribution in [0.25, 0.3) is 0 Å². The van der Waals surface area contributed by atoms with Crippen LogP contribution in [0.4, 0.5) is 5.69 Å². The lowest BCUT2D eigenvalue weighted by Gasteiger charge is -2.12. The summed E-state index contributed by atoms with van der Waals surface area (Å²) in [5, 5.41) is 4.48. The fourth-order valence-electron chi connectivity index (χ4n) is 1.71. The van der Waals surface area contributed by atoms with E-state index < -0.39 is 9.84 Å². The molecule has 3 nitrogen and oxygen atoms in total. The zero-order chi connectivity index (χ0) is 11.8. The molecule has 1 aromatic carbocycles. The van der Waals surface area contributed by atoms with Crippen molar-refractivity contribution in [3.63, 3.8) is 0 Å². The van der Waals surface area contributed by atoms with E-state index in [-0.39, 0.29) is 11.8 Å². The summed E-state index contributed by atoms with van der Waals surface area (Å²) in [6, 6.07) is 5.94. The van der Waals surface area contributed by atoms with Gasteiger partial charge in [0, 0.05) is 11.1 Å². The van der Waals surface area contributed by atoms with Crippen LogP contribution in [0, 0.1) is 13.8 Å². The lowest BCUT2D eigenvalue weighted by Crippen LogP contribution is -2.20. The van der Waals surface area contributed by atoms with E-state index in [1.165, 1.54) is 16.5 Å². The smallest absolute Gasteiger partial charge is 0.173 e. The van der Waals surface area contributed by atoms with Gasteiger partial charge in [-0.25, -0.2) is 8.42 Å². The Morgan fingerprint density at radius 2 is 2.00 bits per heavy atom. The van der Waals surface area contributed by atoms with Gasteiger partial charge in [-0.15, -0.1) is 0 Å². The Labute approximate surface area is 96.1 Å². The van der Waals surface area contributed by atoms with E-state index in [1.54, 1.807) is 6.08 Å². The van der Waals surface area contributed by atoms with Gasteiger partial charge in [0.05, 0.1) is 11.8 Å². The minimum atomic E-state index is -2.98. The van der Waals surface area contributed by atoms with Crippen LogP contribution >= 0.6 is 0 Å². The van der Waals surface area contributed by atoms with Crippen molar-refractivity contribution < 1.29 is 8.42 Å². The molecule has 1 N–H and O–H groups in total. The molecule has 0 aromatic heterocycles. The maximum Gasteiger partial charge on any atom is 0.173 e. The van der Waals surface area contributed by atoms with Gasteiger partial charge in [0.1, 0.15) is 0 Å². The Morgan fingerprint density at radius 1 is 1.25 bits per heavy atom. The van der Waals surface area contributed by atoms with Crippen LogP contribution in [0.1, 0.15) is 11.1 Å². The predicted molar refractivity (Wildman–Crippen MR) is 66.3 cm³/mol. The number of hydrogen-bond acceptors (Lipinski definition) is 3. The molecule has 0 saturated carbocycles. The fraction of sp³-hybridized carbons (Fsp3) is 0.333. The summed E-state index contributed by atoms with van der Waals surface area (Å²) < 4.78 is 22.5. The highest BCUT2D eigenvalue weighted by atomic mass is 32.2. The van der Waals surface area contributed by atoms with Gasteiger partial charge in [0.25, 0.3) is 0 Å². The number of anilines is 1. The number of hydrogen-bond donors (Lipinski definition) is 1. The van der Waals surface area contributed by atoms with Crippen molar-refractivity contribution in [2.24, 2.45) is 0 Å². The molecule has 0 spiro atoms. The number of nitrogens with one attached hydrogen (secondary N) is 1. The third-order valence-corrected chi connectivity index (χ3v) is 4.18. The first-order valence-electron chi connectivity index (χ1n) is 5.21. The summed E-state index contributed by atoms with van der Waals surface area (Å²) in [5.74, 6) is 0.153. The van der Waals surface area contributed by atoms with Crippen molar-refractivity contribution in [2.75, 3.05) is 11.1 Å². The molecule has 1 heterocycles. The molecule has 2 rings (SSSR count). The fourth-order valence-corrected chi connectivity index (χ4v) is 2.95. The van der Waals surface area contributed by atoms with Crippen LogP contribution in [-0.2, 0) is 9.84 Å². The molecule has 1 aromatic rings. The maximum absolute atomic E-state index is 11.2. The summed E-state index contributed by atoms with van der Waals surface area (Å²) in [6.07, 6.45) is 1.70. The van der Waals surface area contributed by atoms with E-state index in [0.29, 0.717) is 0 Å². The van der Waals surface area contributed by atoms with Gasteiger partial charge in [0.15, 0.2) is 9.84 Å². The number of aryl methyl sites for hydroxylation is 2. The number of sulfone groups is 1. The number of benzene rings is 1. The largest absolute Gasteiger partial charge is 0.378 e. The molecule has 0 aliphatic carbocycles. The third-order valence-electron chi connectivity index (χ3n) is 2.79. The molecule has 86 valence electrons. The van der Waals surface area contributed by atoms with Gasteiger partial charge in [-0.3, -0.25) is 0 Å². The van der Waals surface area contributed by atoms with E-state index in [1.807, 2.05) is 25.1 Å². The minimum Gasteiger partial charge on any atom is -0.378 e. The van der Waals surface area contributed by atoms with Crippen molar-refractivity contribution in [1.29, 1.82) is 0 Å². The third kappa shape index (κ3) is 2.44. The molecule has 1 aliphatic heterocycles. The van der Waals surface area contributed by atoms with Crippen LogP contribution in [0.5, 0.6) is 0 Å². The molecule has 16 heavy (non-hydrogen) atoms. The van der Waals surface area contributed by atoms with Gasteiger partial charge < -0.3 is 5.32 Å². The highest BCUT2D eigenvalue weighted by molar-refractivity contribution is 7.94. The summed E-state index contributed by atoms with van der Waals surface area (Å²) in [7, 11) is -2.98. The molecule has 1 atom stereocenters. The standard InChI is InChI=1S/C12H15NO2S/c1-9-3-4-11(7-10(9)2)13-12-5-6-16(14,15)8-12/h3-7,12-13H,8H2,1-2H3. The van der Waals surface area contributed by atoms with Crippen molar-refractivity contribution in [3.8, 4) is 0 Å². The summed E-state index contributed by atoms with van der Waals surface area (Å²) in [5.41, 5.74) is 3.41. The van der Waals surface area contributed by atoms with Crippen molar-refractivity contribution >= 4 is 15.5 Å². The lowest BCUT2D eigenvalue weighted by atomic mass is 10.1. The van der Waals surface area contributed by atoms with E-state index in [2.05, 4.69) is 12.2 Å². The van der Waals surface area contributed by atoms with Gasteiger partial charge in [-0.1, -0.05) is 12.1 Å². The second-order valence-electron chi connectivity index (χ2n) is 4.21. The van der Waals surface area contributed by atoms with Gasteiger partial charge >= 0.3 is 0 Å². The summed E-state index contributed by atoms with van der Waals surface area (Å²) in [4.78, 5) is 0. The SMILES string of the molecule is Cc1ccc(NC2C=CS(=O)(=O)C2)cc1C. The van der Waals surface area contributed by atoms with Crippen LogP contribution in [0.2, 0.25) is 0 Å². The second kappa shape index (κ2) is 3.94. The molecule has 0 radical (unpaired) electrons. The molecule has 0 amide bonds. The molecule has 1 aliphatic rings. The van der Waals surface area contributed by atoms with E-state index in [0.717, 1.165) is 5.69 Å². The van der Waals surface area contributed by atoms with Crippen molar-refractivity contribution in [2.45, 2.75) is 19.9 Å². The molecule has 4 heteroatoms. The molecular formula is C12H15NO2S. The monoisotopic (exact) mass is 237 g/mol. The average Bonchev–Trinajstić information content (AvgIpc) is 2.52. The van der Waals surface area contributed by atoms with E-state index in [9.17, 15) is 8.42 Å². The zero-order valence-electron chi connectivity index (χ0n) is 9.40. The Balaban J connectivity index is 2.11. The van der Waals surface area contributed by atoms with Crippen LogP contribution < -0.4 is 5.32 Å². The quantitative estimate of drug-likeness (QED) is 0.856. The molecular weight excluding hydrogens is 222 g/mol. The molecule has 0 saturated heterocycles. The van der Waals surface area contributed by atoms with Crippen molar-refractivity contribution in [3.05, 3.63) is 40.8 Å². The summed E-state index contributed by atoms with van der Waals surface area (Å²) >= 11 is 0. The minimum absolute atomic E-state index is 0.105. The first kappa shape index (κ1) is 11.2. The van der Waals surface area contributed by atoms with Gasteiger partial charge in [-0.2, -0.15) is 0 Å². The molecule has 0 fully saturated rings. The topological polar surface area (TPSA) is 46.2 Å². The zero-order valence-corrected chi connectivity index (χ0v) is 10.2. The Morgan fingerprint density at radius 3 is 2.56 bits per heavy atom. The van der Waals surface area contributed by atoms with Crippen LogP contribution in [-0.4, -0.2) is 20.2 Å². The molecule has 0 bridgehead atoms. The lowest BCUT2D eigenvalue weighted by molar-refractivity contribution is 0.605. The first-order valence-corrected chi connectivity index (χ1v) is 6.92. The number of rotatable bonds is 2. The van der Waals surface area contributed by atoms with Gasteiger partial charge in [0.2, 0.25) is 0 Å².